The lowest BCUT2D eigenvalue weighted by Crippen LogP contribution is -2.00. The van der Waals surface area contributed by atoms with Crippen LogP contribution in [0.2, 0.25) is 20.1 Å². The van der Waals surface area contributed by atoms with Crippen LogP contribution in [0.1, 0.15) is 5.56 Å². The van der Waals surface area contributed by atoms with Crippen molar-refractivity contribution in [3.05, 3.63) is 56.0 Å². The molecule has 2 aromatic carbocycles. The third-order valence-electron chi connectivity index (χ3n) is 2.65. The van der Waals surface area contributed by atoms with E-state index in [0.29, 0.717) is 26.6 Å². The molecule has 1 nitrogen and oxygen atoms in total. The van der Waals surface area contributed by atoms with Gasteiger partial charge in [0.1, 0.15) is 0 Å². The molecule has 0 aliphatic rings. The van der Waals surface area contributed by atoms with E-state index < -0.39 is 0 Å². The van der Waals surface area contributed by atoms with Gasteiger partial charge in [-0.05, 0) is 23.3 Å². The van der Waals surface area contributed by atoms with Crippen molar-refractivity contribution in [3.8, 4) is 11.1 Å². The fraction of sp³-hybridized carbons (Fsp3) is 0.0769. The lowest BCUT2D eigenvalue weighted by molar-refractivity contribution is 1.07. The van der Waals surface area contributed by atoms with Gasteiger partial charge in [-0.3, -0.25) is 0 Å². The van der Waals surface area contributed by atoms with Gasteiger partial charge in [0.15, 0.2) is 0 Å². The summed E-state index contributed by atoms with van der Waals surface area (Å²) in [5.74, 6) is 0. The van der Waals surface area contributed by atoms with Crippen LogP contribution in [0.4, 0.5) is 0 Å². The van der Waals surface area contributed by atoms with Gasteiger partial charge in [0, 0.05) is 17.1 Å². The molecule has 0 bridgehead atoms. The highest BCUT2D eigenvalue weighted by Crippen LogP contribution is 2.40. The van der Waals surface area contributed by atoms with Crippen LogP contribution < -0.4 is 5.73 Å². The molecular formula is C13H9Cl4N. The van der Waals surface area contributed by atoms with E-state index in [1.54, 1.807) is 18.2 Å². The van der Waals surface area contributed by atoms with Crippen molar-refractivity contribution < 1.29 is 0 Å². The van der Waals surface area contributed by atoms with Gasteiger partial charge in [0.05, 0.1) is 15.1 Å². The highest BCUT2D eigenvalue weighted by molar-refractivity contribution is 6.49. The van der Waals surface area contributed by atoms with Gasteiger partial charge in [0.2, 0.25) is 0 Å². The quantitative estimate of drug-likeness (QED) is 0.734. The van der Waals surface area contributed by atoms with E-state index >= 15 is 0 Å². The Morgan fingerprint density at radius 2 is 1.50 bits per heavy atom. The molecule has 2 aromatic rings. The molecule has 0 aromatic heterocycles. The van der Waals surface area contributed by atoms with Gasteiger partial charge in [-0.2, -0.15) is 0 Å². The van der Waals surface area contributed by atoms with Crippen molar-refractivity contribution in [2.24, 2.45) is 5.73 Å². The Morgan fingerprint density at radius 3 is 2.17 bits per heavy atom. The van der Waals surface area contributed by atoms with Crippen molar-refractivity contribution >= 4 is 46.4 Å². The first-order valence-corrected chi connectivity index (χ1v) is 6.68. The monoisotopic (exact) mass is 319 g/mol. The second-order valence-electron chi connectivity index (χ2n) is 3.69. The first kappa shape index (κ1) is 14.0. The Hall–Kier alpha value is -0.440. The average molecular weight is 321 g/mol. The second kappa shape index (κ2) is 5.68. The van der Waals surface area contributed by atoms with E-state index in [9.17, 15) is 0 Å². The van der Waals surface area contributed by atoms with Crippen LogP contribution in [-0.2, 0) is 6.54 Å². The number of benzene rings is 2. The zero-order valence-corrected chi connectivity index (χ0v) is 12.2. The van der Waals surface area contributed by atoms with Crippen LogP contribution >= 0.6 is 46.4 Å². The molecule has 0 aliphatic heterocycles. The minimum Gasteiger partial charge on any atom is -0.326 e. The average Bonchev–Trinajstić information content (AvgIpc) is 2.36. The second-order valence-corrected chi connectivity index (χ2v) is 5.26. The van der Waals surface area contributed by atoms with E-state index in [1.165, 1.54) is 0 Å². The summed E-state index contributed by atoms with van der Waals surface area (Å²) in [4.78, 5) is 0. The summed E-state index contributed by atoms with van der Waals surface area (Å²) >= 11 is 24.3. The van der Waals surface area contributed by atoms with Crippen molar-refractivity contribution in [2.75, 3.05) is 0 Å². The summed E-state index contributed by atoms with van der Waals surface area (Å²) in [6.45, 7) is 0.325. The van der Waals surface area contributed by atoms with E-state index in [2.05, 4.69) is 0 Å². The fourth-order valence-electron chi connectivity index (χ4n) is 1.75. The predicted octanol–water partition coefficient (Wildman–Crippen LogP) is 5.43. The van der Waals surface area contributed by atoms with E-state index in [0.717, 1.165) is 16.7 Å². The summed E-state index contributed by atoms with van der Waals surface area (Å²) in [5.41, 5.74) is 8.19. The topological polar surface area (TPSA) is 26.0 Å². The van der Waals surface area contributed by atoms with E-state index in [1.807, 2.05) is 12.1 Å². The molecule has 0 radical (unpaired) electrons. The van der Waals surface area contributed by atoms with Gasteiger partial charge in [0.25, 0.3) is 0 Å². The normalized spacial score (nSPS) is 10.7. The zero-order chi connectivity index (χ0) is 13.3. The molecule has 2 rings (SSSR count). The van der Waals surface area contributed by atoms with Crippen LogP contribution in [-0.4, -0.2) is 0 Å². The van der Waals surface area contributed by atoms with Gasteiger partial charge in [-0.15, -0.1) is 0 Å². The van der Waals surface area contributed by atoms with Gasteiger partial charge < -0.3 is 5.73 Å². The smallest absolute Gasteiger partial charge is 0.0784 e. The number of nitrogens with two attached hydrogens (primary N) is 1. The number of rotatable bonds is 2. The van der Waals surface area contributed by atoms with Gasteiger partial charge in [-0.1, -0.05) is 64.6 Å². The molecule has 0 spiro atoms. The number of hydrogen-bond donors (Lipinski definition) is 1. The standard InChI is InChI=1S/C13H9Cl4N/c14-10-3-1-2-7(9(10)6-18)8-4-5-11(15)13(17)12(8)16/h1-5H,6,18H2. The maximum absolute atomic E-state index is 6.21. The minimum atomic E-state index is 0.325. The Morgan fingerprint density at radius 1 is 0.778 bits per heavy atom. The lowest BCUT2D eigenvalue weighted by atomic mass is 9.99. The highest BCUT2D eigenvalue weighted by atomic mass is 35.5. The third kappa shape index (κ3) is 2.47. The van der Waals surface area contributed by atoms with Crippen LogP contribution in [0.3, 0.4) is 0 Å². The van der Waals surface area contributed by atoms with Gasteiger partial charge >= 0.3 is 0 Å². The largest absolute Gasteiger partial charge is 0.326 e. The van der Waals surface area contributed by atoms with Crippen LogP contribution in [0.5, 0.6) is 0 Å². The summed E-state index contributed by atoms with van der Waals surface area (Å²) in [6.07, 6.45) is 0. The van der Waals surface area contributed by atoms with Crippen molar-refractivity contribution in [1.82, 2.24) is 0 Å². The molecule has 0 atom stereocenters. The first-order chi connectivity index (χ1) is 8.56. The highest BCUT2D eigenvalue weighted by Gasteiger charge is 2.14. The van der Waals surface area contributed by atoms with E-state index in [4.69, 9.17) is 52.1 Å². The number of hydrogen-bond acceptors (Lipinski definition) is 1. The van der Waals surface area contributed by atoms with E-state index in [-0.39, 0.29) is 0 Å². The number of halogens is 4. The third-order valence-corrected chi connectivity index (χ3v) is 4.30. The molecule has 0 saturated carbocycles. The Labute approximate surface area is 125 Å². The molecule has 0 unspecified atom stereocenters. The molecule has 94 valence electrons. The zero-order valence-electron chi connectivity index (χ0n) is 9.18. The van der Waals surface area contributed by atoms with Crippen molar-refractivity contribution in [2.45, 2.75) is 6.54 Å². The van der Waals surface area contributed by atoms with Crippen molar-refractivity contribution in [3.63, 3.8) is 0 Å². The minimum absolute atomic E-state index is 0.325. The molecule has 0 aliphatic carbocycles. The maximum Gasteiger partial charge on any atom is 0.0784 e. The maximum atomic E-state index is 6.21. The summed E-state index contributed by atoms with van der Waals surface area (Å²) in [6, 6.07) is 9.04. The molecule has 0 amide bonds. The Kier molecular flexibility index (Phi) is 4.41. The van der Waals surface area contributed by atoms with Crippen LogP contribution in [0, 0.1) is 0 Å². The lowest BCUT2D eigenvalue weighted by Gasteiger charge is -2.12. The molecule has 0 heterocycles. The fourth-order valence-corrected chi connectivity index (χ4v) is 2.64. The Balaban J connectivity index is 2.70. The summed E-state index contributed by atoms with van der Waals surface area (Å²) in [5, 5.41) is 1.76. The first-order valence-electron chi connectivity index (χ1n) is 5.17. The van der Waals surface area contributed by atoms with Crippen LogP contribution in [0.25, 0.3) is 11.1 Å². The molecule has 0 fully saturated rings. The predicted molar refractivity (Wildman–Crippen MR) is 79.8 cm³/mol. The molecule has 18 heavy (non-hydrogen) atoms. The summed E-state index contributed by atoms with van der Waals surface area (Å²) < 4.78 is 0. The van der Waals surface area contributed by atoms with Crippen LogP contribution in [0.15, 0.2) is 30.3 Å². The SMILES string of the molecule is NCc1c(Cl)cccc1-c1ccc(Cl)c(Cl)c1Cl. The molecular weight excluding hydrogens is 312 g/mol. The van der Waals surface area contributed by atoms with Crippen molar-refractivity contribution in [1.29, 1.82) is 0 Å². The Bertz CT molecular complexity index is 596. The van der Waals surface area contributed by atoms with Gasteiger partial charge in [-0.25, -0.2) is 0 Å². The molecule has 5 heteroatoms. The molecule has 0 saturated heterocycles. The molecule has 2 N–H and O–H groups in total. The summed E-state index contributed by atoms with van der Waals surface area (Å²) in [7, 11) is 0.